The Morgan fingerprint density at radius 1 is 1.26 bits per heavy atom. The number of ketones is 1. The van der Waals surface area contributed by atoms with Crippen LogP contribution in [0.2, 0.25) is 0 Å². The van der Waals surface area contributed by atoms with E-state index < -0.39 is 0 Å². The number of hydrogen-bond acceptors (Lipinski definition) is 3. The van der Waals surface area contributed by atoms with Crippen LogP contribution in [0.15, 0.2) is 46.9 Å². The summed E-state index contributed by atoms with van der Waals surface area (Å²) in [7, 11) is 0. The number of carbonyl (C=O) groups is 1. The van der Waals surface area contributed by atoms with Gasteiger partial charge in [-0.2, -0.15) is 0 Å². The second-order valence-electron chi connectivity index (χ2n) is 4.02. The lowest BCUT2D eigenvalue weighted by molar-refractivity contribution is 0.103. The highest BCUT2D eigenvalue weighted by molar-refractivity contribution is 9.10. The van der Waals surface area contributed by atoms with E-state index in [1.54, 1.807) is 36.4 Å². The molecular formula is C15H14BrNO2. The summed E-state index contributed by atoms with van der Waals surface area (Å²) in [6.45, 7) is 2.47. The van der Waals surface area contributed by atoms with Gasteiger partial charge in [0.25, 0.3) is 0 Å². The molecule has 0 aromatic heterocycles. The SMILES string of the molecule is CCOc1cccc(C(=O)c2ccc(Br)cc2N)c1. The van der Waals surface area contributed by atoms with E-state index in [0.29, 0.717) is 29.2 Å². The van der Waals surface area contributed by atoms with Gasteiger partial charge in [-0.1, -0.05) is 28.1 Å². The van der Waals surface area contributed by atoms with E-state index >= 15 is 0 Å². The van der Waals surface area contributed by atoms with Crippen LogP contribution in [0, 0.1) is 0 Å². The first-order chi connectivity index (χ1) is 9.11. The Kier molecular flexibility index (Phi) is 4.22. The number of carbonyl (C=O) groups excluding carboxylic acids is 1. The molecule has 2 N–H and O–H groups in total. The number of benzene rings is 2. The first-order valence-electron chi connectivity index (χ1n) is 5.94. The molecule has 2 aromatic carbocycles. The maximum absolute atomic E-state index is 12.4. The van der Waals surface area contributed by atoms with Gasteiger partial charge >= 0.3 is 0 Å². The maximum Gasteiger partial charge on any atom is 0.195 e. The topological polar surface area (TPSA) is 52.3 Å². The van der Waals surface area contributed by atoms with Crippen molar-refractivity contribution in [2.45, 2.75) is 6.92 Å². The highest BCUT2D eigenvalue weighted by atomic mass is 79.9. The lowest BCUT2D eigenvalue weighted by Crippen LogP contribution is -2.05. The van der Waals surface area contributed by atoms with Crippen LogP contribution in [0.3, 0.4) is 0 Å². The van der Waals surface area contributed by atoms with E-state index in [2.05, 4.69) is 15.9 Å². The van der Waals surface area contributed by atoms with E-state index in [9.17, 15) is 4.79 Å². The number of halogens is 1. The molecule has 3 nitrogen and oxygen atoms in total. The van der Waals surface area contributed by atoms with E-state index in [1.165, 1.54) is 0 Å². The Morgan fingerprint density at radius 3 is 2.74 bits per heavy atom. The zero-order chi connectivity index (χ0) is 13.8. The van der Waals surface area contributed by atoms with Crippen molar-refractivity contribution in [1.82, 2.24) is 0 Å². The lowest BCUT2D eigenvalue weighted by Gasteiger charge is -2.07. The largest absolute Gasteiger partial charge is 0.494 e. The second kappa shape index (κ2) is 5.89. The van der Waals surface area contributed by atoms with Crippen LogP contribution in [0.5, 0.6) is 5.75 Å². The summed E-state index contributed by atoms with van der Waals surface area (Å²) in [5.74, 6) is 0.579. The molecule has 0 bridgehead atoms. The zero-order valence-corrected chi connectivity index (χ0v) is 12.1. The van der Waals surface area contributed by atoms with Gasteiger partial charge in [-0.05, 0) is 37.3 Å². The van der Waals surface area contributed by atoms with Gasteiger partial charge in [0.1, 0.15) is 5.75 Å². The minimum atomic E-state index is -0.105. The number of rotatable bonds is 4. The third-order valence-electron chi connectivity index (χ3n) is 2.67. The second-order valence-corrected chi connectivity index (χ2v) is 4.94. The van der Waals surface area contributed by atoms with Crippen LogP contribution < -0.4 is 10.5 Å². The van der Waals surface area contributed by atoms with Gasteiger partial charge in [-0.15, -0.1) is 0 Å². The Labute approximate surface area is 120 Å². The summed E-state index contributed by atoms with van der Waals surface area (Å²) in [5, 5.41) is 0. The van der Waals surface area contributed by atoms with Crippen molar-refractivity contribution in [3.8, 4) is 5.75 Å². The monoisotopic (exact) mass is 319 g/mol. The molecule has 98 valence electrons. The van der Waals surface area contributed by atoms with Gasteiger partial charge in [-0.3, -0.25) is 4.79 Å². The molecule has 2 rings (SSSR count). The quantitative estimate of drug-likeness (QED) is 0.691. The van der Waals surface area contributed by atoms with Gasteiger partial charge in [0.2, 0.25) is 0 Å². The number of hydrogen-bond donors (Lipinski definition) is 1. The third kappa shape index (κ3) is 3.15. The zero-order valence-electron chi connectivity index (χ0n) is 10.5. The van der Waals surface area contributed by atoms with Crippen molar-refractivity contribution in [2.75, 3.05) is 12.3 Å². The Morgan fingerprint density at radius 2 is 2.05 bits per heavy atom. The fourth-order valence-corrected chi connectivity index (χ4v) is 2.17. The molecule has 19 heavy (non-hydrogen) atoms. The molecule has 0 aliphatic rings. The van der Waals surface area contributed by atoms with E-state index in [-0.39, 0.29) is 5.78 Å². The number of ether oxygens (including phenoxy) is 1. The molecule has 0 atom stereocenters. The Hall–Kier alpha value is -1.81. The Bertz CT molecular complexity index is 611. The Balaban J connectivity index is 2.35. The summed E-state index contributed by atoms with van der Waals surface area (Å²) in [6.07, 6.45) is 0. The molecule has 0 spiro atoms. The number of nitrogen functional groups attached to an aromatic ring is 1. The molecular weight excluding hydrogens is 306 g/mol. The van der Waals surface area contributed by atoms with Crippen molar-refractivity contribution in [3.63, 3.8) is 0 Å². The molecule has 0 aliphatic heterocycles. The van der Waals surface area contributed by atoms with Crippen LogP contribution in [-0.4, -0.2) is 12.4 Å². The van der Waals surface area contributed by atoms with Crippen molar-refractivity contribution in [2.24, 2.45) is 0 Å². The summed E-state index contributed by atoms with van der Waals surface area (Å²) in [6, 6.07) is 12.4. The van der Waals surface area contributed by atoms with Crippen LogP contribution in [0.1, 0.15) is 22.8 Å². The fourth-order valence-electron chi connectivity index (χ4n) is 1.79. The third-order valence-corrected chi connectivity index (χ3v) is 3.16. The van der Waals surface area contributed by atoms with Crippen LogP contribution in [0.25, 0.3) is 0 Å². The summed E-state index contributed by atoms with van der Waals surface area (Å²) < 4.78 is 6.24. The molecule has 2 aromatic rings. The molecule has 0 radical (unpaired) electrons. The van der Waals surface area contributed by atoms with Crippen LogP contribution in [-0.2, 0) is 0 Å². The highest BCUT2D eigenvalue weighted by Gasteiger charge is 2.13. The molecule has 4 heteroatoms. The minimum Gasteiger partial charge on any atom is -0.494 e. The van der Waals surface area contributed by atoms with Gasteiger partial charge in [0, 0.05) is 21.3 Å². The van der Waals surface area contributed by atoms with E-state index in [1.807, 2.05) is 13.0 Å². The van der Waals surface area contributed by atoms with Crippen molar-refractivity contribution < 1.29 is 9.53 Å². The molecule has 0 heterocycles. The van der Waals surface area contributed by atoms with Gasteiger partial charge in [0.15, 0.2) is 5.78 Å². The fraction of sp³-hybridized carbons (Fsp3) is 0.133. The summed E-state index contributed by atoms with van der Waals surface area (Å²) in [4.78, 5) is 12.4. The molecule has 0 saturated carbocycles. The van der Waals surface area contributed by atoms with Crippen LogP contribution in [0.4, 0.5) is 5.69 Å². The maximum atomic E-state index is 12.4. The normalized spacial score (nSPS) is 10.2. The minimum absolute atomic E-state index is 0.105. The van der Waals surface area contributed by atoms with E-state index in [0.717, 1.165) is 4.47 Å². The van der Waals surface area contributed by atoms with Gasteiger partial charge in [-0.25, -0.2) is 0 Å². The first-order valence-corrected chi connectivity index (χ1v) is 6.73. The first kappa shape index (κ1) is 13.6. The molecule has 0 aliphatic carbocycles. The molecule has 0 fully saturated rings. The smallest absolute Gasteiger partial charge is 0.195 e. The number of anilines is 1. The van der Waals surface area contributed by atoms with Crippen LogP contribution >= 0.6 is 15.9 Å². The summed E-state index contributed by atoms with van der Waals surface area (Å²) in [5.41, 5.74) is 7.40. The highest BCUT2D eigenvalue weighted by Crippen LogP contribution is 2.23. The van der Waals surface area contributed by atoms with Gasteiger partial charge < -0.3 is 10.5 Å². The number of nitrogens with two attached hydrogens (primary N) is 1. The average molecular weight is 320 g/mol. The van der Waals surface area contributed by atoms with Gasteiger partial charge in [0.05, 0.1) is 6.61 Å². The predicted octanol–water partition coefficient (Wildman–Crippen LogP) is 3.66. The van der Waals surface area contributed by atoms with Crippen molar-refractivity contribution >= 4 is 27.4 Å². The summed E-state index contributed by atoms with van der Waals surface area (Å²) >= 11 is 3.32. The van der Waals surface area contributed by atoms with Crippen molar-refractivity contribution in [3.05, 3.63) is 58.1 Å². The molecule has 0 unspecified atom stereocenters. The predicted molar refractivity (Wildman–Crippen MR) is 79.6 cm³/mol. The molecule has 0 saturated heterocycles. The average Bonchev–Trinajstić information content (AvgIpc) is 2.39. The lowest BCUT2D eigenvalue weighted by atomic mass is 10.0. The van der Waals surface area contributed by atoms with Crippen molar-refractivity contribution in [1.29, 1.82) is 0 Å². The van der Waals surface area contributed by atoms with E-state index in [4.69, 9.17) is 10.5 Å². The standard InChI is InChI=1S/C15H14BrNO2/c1-2-19-12-5-3-4-10(8-12)15(18)13-7-6-11(16)9-14(13)17/h3-9H,2,17H2,1H3. The molecule has 0 amide bonds.